The van der Waals surface area contributed by atoms with Crippen molar-refractivity contribution in [2.24, 2.45) is 0 Å². The number of benzene rings is 2. The van der Waals surface area contributed by atoms with Gasteiger partial charge in [0.05, 0.1) is 6.61 Å². The van der Waals surface area contributed by atoms with Crippen molar-refractivity contribution >= 4 is 11.8 Å². The highest BCUT2D eigenvalue weighted by Gasteiger charge is 2.05. The molecule has 0 aliphatic carbocycles. The molecule has 2 rings (SSSR count). The van der Waals surface area contributed by atoms with Gasteiger partial charge in [-0.1, -0.05) is 29.5 Å². The molecule has 2 aromatic carbocycles. The highest BCUT2D eigenvalue weighted by molar-refractivity contribution is 7.99. The predicted molar refractivity (Wildman–Crippen MR) is 85.3 cm³/mol. The maximum Gasteiger partial charge on any atom is 0.123 e. The van der Waals surface area contributed by atoms with Crippen LogP contribution in [0.2, 0.25) is 0 Å². The Morgan fingerprint density at radius 3 is 2.62 bits per heavy atom. The first-order chi connectivity index (χ1) is 10.2. The standard InChI is InChI=1S/C17H20FNOS/c1-13-3-8-17(14(11-13)12-19-9-10-20-2)21-16-6-4-15(18)5-7-16/h3-8,11,19H,9-10,12H2,1-2H3. The second-order valence-electron chi connectivity index (χ2n) is 4.84. The average Bonchev–Trinajstić information content (AvgIpc) is 2.48. The third-order valence-electron chi connectivity index (χ3n) is 3.06. The second-order valence-corrected chi connectivity index (χ2v) is 5.95. The van der Waals surface area contributed by atoms with Crippen molar-refractivity contribution in [1.82, 2.24) is 5.32 Å². The molecule has 0 aliphatic rings. The first-order valence-corrected chi connectivity index (χ1v) is 7.73. The Kier molecular flexibility index (Phi) is 6.23. The SMILES string of the molecule is COCCNCc1cc(C)ccc1Sc1ccc(F)cc1. The van der Waals surface area contributed by atoms with Crippen LogP contribution < -0.4 is 5.32 Å². The minimum atomic E-state index is -0.204. The van der Waals surface area contributed by atoms with Gasteiger partial charge in [0.15, 0.2) is 0 Å². The zero-order chi connectivity index (χ0) is 15.1. The summed E-state index contributed by atoms with van der Waals surface area (Å²) in [6.45, 7) is 4.41. The molecule has 0 heterocycles. The van der Waals surface area contributed by atoms with Crippen LogP contribution >= 0.6 is 11.8 Å². The molecule has 112 valence electrons. The van der Waals surface area contributed by atoms with Gasteiger partial charge in [0.1, 0.15) is 5.82 Å². The molecule has 0 bridgehead atoms. The Morgan fingerprint density at radius 2 is 1.90 bits per heavy atom. The molecule has 2 aromatic rings. The third-order valence-corrected chi connectivity index (χ3v) is 4.18. The summed E-state index contributed by atoms with van der Waals surface area (Å²) in [4.78, 5) is 2.23. The molecular formula is C17H20FNOS. The third kappa shape index (κ3) is 5.16. The summed E-state index contributed by atoms with van der Waals surface area (Å²) in [5.41, 5.74) is 2.49. The molecule has 0 unspecified atom stereocenters. The largest absolute Gasteiger partial charge is 0.383 e. The maximum absolute atomic E-state index is 13.0. The van der Waals surface area contributed by atoms with Crippen LogP contribution in [0, 0.1) is 12.7 Å². The quantitative estimate of drug-likeness (QED) is 0.781. The number of rotatable bonds is 7. The normalized spacial score (nSPS) is 10.8. The molecule has 1 N–H and O–H groups in total. The minimum Gasteiger partial charge on any atom is -0.383 e. The van der Waals surface area contributed by atoms with E-state index in [4.69, 9.17) is 4.74 Å². The van der Waals surface area contributed by atoms with Gasteiger partial charge in [0.2, 0.25) is 0 Å². The summed E-state index contributed by atoms with van der Waals surface area (Å²) in [5.74, 6) is -0.204. The molecule has 4 heteroatoms. The van der Waals surface area contributed by atoms with E-state index < -0.39 is 0 Å². The van der Waals surface area contributed by atoms with E-state index in [9.17, 15) is 4.39 Å². The number of nitrogens with one attached hydrogen (secondary N) is 1. The van der Waals surface area contributed by atoms with Crippen molar-refractivity contribution in [1.29, 1.82) is 0 Å². The van der Waals surface area contributed by atoms with E-state index in [0.717, 1.165) is 18.0 Å². The predicted octanol–water partition coefficient (Wildman–Crippen LogP) is 4.02. The summed E-state index contributed by atoms with van der Waals surface area (Å²) < 4.78 is 18.0. The van der Waals surface area contributed by atoms with Gasteiger partial charge >= 0.3 is 0 Å². The van der Waals surface area contributed by atoms with Gasteiger partial charge in [-0.25, -0.2) is 4.39 Å². The van der Waals surface area contributed by atoms with Crippen LogP contribution in [0.1, 0.15) is 11.1 Å². The van der Waals surface area contributed by atoms with E-state index >= 15 is 0 Å². The smallest absolute Gasteiger partial charge is 0.123 e. The van der Waals surface area contributed by atoms with E-state index in [1.54, 1.807) is 18.9 Å². The Morgan fingerprint density at radius 1 is 1.14 bits per heavy atom. The van der Waals surface area contributed by atoms with Crippen LogP contribution in [0.4, 0.5) is 4.39 Å². The highest BCUT2D eigenvalue weighted by Crippen LogP contribution is 2.31. The van der Waals surface area contributed by atoms with Crippen molar-refractivity contribution < 1.29 is 9.13 Å². The lowest BCUT2D eigenvalue weighted by atomic mass is 10.1. The number of aryl methyl sites for hydroxylation is 1. The van der Waals surface area contributed by atoms with Gasteiger partial charge in [-0.3, -0.25) is 0 Å². The summed E-state index contributed by atoms with van der Waals surface area (Å²) in [6.07, 6.45) is 0. The Balaban J connectivity index is 2.08. The fraction of sp³-hybridized carbons (Fsp3) is 0.294. The average molecular weight is 305 g/mol. The topological polar surface area (TPSA) is 21.3 Å². The zero-order valence-electron chi connectivity index (χ0n) is 12.4. The molecule has 21 heavy (non-hydrogen) atoms. The van der Waals surface area contributed by atoms with Gasteiger partial charge in [0, 0.05) is 30.0 Å². The summed E-state index contributed by atoms with van der Waals surface area (Å²) in [7, 11) is 1.70. The first-order valence-electron chi connectivity index (χ1n) is 6.91. The van der Waals surface area contributed by atoms with E-state index in [2.05, 4.69) is 30.4 Å². The number of hydrogen-bond acceptors (Lipinski definition) is 3. The molecule has 0 radical (unpaired) electrons. The van der Waals surface area contributed by atoms with Crippen LogP contribution in [-0.4, -0.2) is 20.3 Å². The lowest BCUT2D eigenvalue weighted by Gasteiger charge is -2.11. The first kappa shape index (κ1) is 16.0. The number of hydrogen-bond donors (Lipinski definition) is 1. The van der Waals surface area contributed by atoms with Crippen LogP contribution in [0.15, 0.2) is 52.3 Å². The number of methoxy groups -OCH3 is 1. The van der Waals surface area contributed by atoms with E-state index in [-0.39, 0.29) is 5.82 Å². The molecule has 0 spiro atoms. The lowest BCUT2D eigenvalue weighted by molar-refractivity contribution is 0.199. The van der Waals surface area contributed by atoms with Crippen molar-refractivity contribution in [3.8, 4) is 0 Å². The van der Waals surface area contributed by atoms with Crippen LogP contribution in [0.5, 0.6) is 0 Å². The van der Waals surface area contributed by atoms with Crippen molar-refractivity contribution in [3.05, 3.63) is 59.4 Å². The molecule has 0 saturated carbocycles. The van der Waals surface area contributed by atoms with Gasteiger partial charge in [-0.15, -0.1) is 0 Å². The molecule has 0 aliphatic heterocycles. The van der Waals surface area contributed by atoms with Crippen molar-refractivity contribution in [2.45, 2.75) is 23.3 Å². The molecule has 0 aromatic heterocycles. The van der Waals surface area contributed by atoms with Crippen molar-refractivity contribution in [3.63, 3.8) is 0 Å². The van der Waals surface area contributed by atoms with Crippen LogP contribution in [-0.2, 0) is 11.3 Å². The number of ether oxygens (including phenoxy) is 1. The maximum atomic E-state index is 13.0. The summed E-state index contributed by atoms with van der Waals surface area (Å²) >= 11 is 1.66. The van der Waals surface area contributed by atoms with E-state index in [1.165, 1.54) is 28.2 Å². The zero-order valence-corrected chi connectivity index (χ0v) is 13.2. The van der Waals surface area contributed by atoms with Gasteiger partial charge < -0.3 is 10.1 Å². The molecule has 2 nitrogen and oxygen atoms in total. The van der Waals surface area contributed by atoms with Crippen LogP contribution in [0.25, 0.3) is 0 Å². The molecule has 0 atom stereocenters. The minimum absolute atomic E-state index is 0.204. The second kappa shape index (κ2) is 8.17. The van der Waals surface area contributed by atoms with E-state index in [1.807, 2.05) is 12.1 Å². The Labute approximate surface area is 129 Å². The molecule has 0 saturated heterocycles. The highest BCUT2D eigenvalue weighted by atomic mass is 32.2. The molecule has 0 amide bonds. The molecule has 0 fully saturated rings. The Hall–Kier alpha value is -1.36. The van der Waals surface area contributed by atoms with Crippen LogP contribution in [0.3, 0.4) is 0 Å². The number of halogens is 1. The summed E-state index contributed by atoms with van der Waals surface area (Å²) in [5, 5.41) is 3.37. The van der Waals surface area contributed by atoms with Crippen molar-refractivity contribution in [2.75, 3.05) is 20.3 Å². The summed E-state index contributed by atoms with van der Waals surface area (Å²) in [6, 6.07) is 13.0. The fourth-order valence-electron chi connectivity index (χ4n) is 1.97. The Bertz CT molecular complexity index is 572. The van der Waals surface area contributed by atoms with Gasteiger partial charge in [0.25, 0.3) is 0 Å². The van der Waals surface area contributed by atoms with Gasteiger partial charge in [-0.2, -0.15) is 0 Å². The van der Waals surface area contributed by atoms with E-state index in [0.29, 0.717) is 6.61 Å². The lowest BCUT2D eigenvalue weighted by Crippen LogP contribution is -2.19. The van der Waals surface area contributed by atoms with Gasteiger partial charge in [-0.05, 0) is 42.8 Å². The fourth-order valence-corrected chi connectivity index (χ4v) is 2.90. The molecular weight excluding hydrogens is 285 g/mol. The monoisotopic (exact) mass is 305 g/mol.